The van der Waals surface area contributed by atoms with Crippen molar-refractivity contribution in [3.05, 3.63) is 69.1 Å². The molecule has 1 aromatic carbocycles. The van der Waals surface area contributed by atoms with Gasteiger partial charge in [-0.3, -0.25) is 9.59 Å². The number of hydrogen-bond acceptors (Lipinski definition) is 5. The fourth-order valence-electron chi connectivity index (χ4n) is 4.01. The highest BCUT2D eigenvalue weighted by Gasteiger charge is 2.43. The molecule has 0 saturated carbocycles. The predicted octanol–water partition coefficient (Wildman–Crippen LogP) is 3.73. The molecule has 3 heterocycles. The maximum absolute atomic E-state index is 13.1. The van der Waals surface area contributed by atoms with E-state index < -0.39 is 17.7 Å². The molecule has 0 radical (unpaired) electrons. The third-order valence-electron chi connectivity index (χ3n) is 5.54. The largest absolute Gasteiger partial charge is 0.503 e. The van der Waals surface area contributed by atoms with Crippen LogP contribution < -0.4 is 0 Å². The smallest absolute Gasteiger partial charge is 0.290 e. The predicted molar refractivity (Wildman–Crippen MR) is 110 cm³/mol. The van der Waals surface area contributed by atoms with Crippen molar-refractivity contribution in [3.63, 3.8) is 0 Å². The zero-order chi connectivity index (χ0) is 19.7. The normalized spacial score (nSPS) is 20.4. The van der Waals surface area contributed by atoms with Crippen molar-refractivity contribution in [1.82, 2.24) is 9.80 Å². The summed E-state index contributed by atoms with van der Waals surface area (Å²) in [5, 5.41) is 12.5. The molecule has 1 atom stereocenters. The summed E-state index contributed by atoms with van der Waals surface area (Å²) in [7, 11) is 0. The molecule has 2 aliphatic rings. The number of thiophene rings is 1. The van der Waals surface area contributed by atoms with Crippen molar-refractivity contribution in [3.8, 4) is 0 Å². The highest BCUT2D eigenvalue weighted by molar-refractivity contribution is 7.12. The minimum atomic E-state index is -0.551. The molecule has 1 unspecified atom stereocenters. The van der Waals surface area contributed by atoms with Gasteiger partial charge in [0, 0.05) is 13.1 Å². The Kier molecular flexibility index (Phi) is 5.33. The molecule has 146 valence electrons. The maximum Gasteiger partial charge on any atom is 0.290 e. The molecule has 0 spiro atoms. The highest BCUT2D eigenvalue weighted by Crippen LogP contribution is 2.39. The Morgan fingerprint density at radius 3 is 2.50 bits per heavy atom. The molecule has 2 aromatic rings. The number of hydrogen-bond donors (Lipinski definition) is 1. The number of ketones is 1. The fourth-order valence-corrected chi connectivity index (χ4v) is 4.69. The van der Waals surface area contributed by atoms with E-state index in [0.717, 1.165) is 30.8 Å². The van der Waals surface area contributed by atoms with E-state index >= 15 is 0 Å². The Labute approximate surface area is 168 Å². The van der Waals surface area contributed by atoms with Crippen LogP contribution in [0.3, 0.4) is 0 Å². The maximum atomic E-state index is 13.1. The van der Waals surface area contributed by atoms with Crippen LogP contribution in [0.5, 0.6) is 0 Å². The number of aliphatic hydroxyl groups excluding tert-OH is 1. The average molecular weight is 397 g/mol. The summed E-state index contributed by atoms with van der Waals surface area (Å²) in [6, 6.07) is 10.8. The number of aliphatic hydroxyl groups is 1. The van der Waals surface area contributed by atoms with Gasteiger partial charge in [0.25, 0.3) is 5.91 Å². The summed E-state index contributed by atoms with van der Waals surface area (Å²) in [6.07, 6.45) is 2.36. The molecule has 1 aromatic heterocycles. The SMILES string of the molecule is Cc1ccc(C2C(C(=O)c3cccs3)=C(O)C(=O)N2CCN2CCCC2)cc1. The number of rotatable bonds is 6. The van der Waals surface area contributed by atoms with Crippen molar-refractivity contribution in [1.29, 1.82) is 0 Å². The van der Waals surface area contributed by atoms with Crippen LogP contribution in [0.4, 0.5) is 0 Å². The molecule has 1 amide bonds. The van der Waals surface area contributed by atoms with Crippen LogP contribution in [0.2, 0.25) is 0 Å². The first kappa shape index (κ1) is 18.9. The quantitative estimate of drug-likeness (QED) is 0.756. The van der Waals surface area contributed by atoms with Gasteiger partial charge in [-0.2, -0.15) is 0 Å². The number of carbonyl (C=O) groups excluding carboxylic acids is 2. The van der Waals surface area contributed by atoms with Crippen LogP contribution >= 0.6 is 11.3 Å². The van der Waals surface area contributed by atoms with Gasteiger partial charge in [0.2, 0.25) is 5.78 Å². The number of aryl methyl sites for hydroxylation is 1. The number of carbonyl (C=O) groups is 2. The number of Topliss-reactive ketones (excluding diaryl/α,β-unsaturated/α-hetero) is 1. The molecule has 28 heavy (non-hydrogen) atoms. The minimum Gasteiger partial charge on any atom is -0.503 e. The van der Waals surface area contributed by atoms with Gasteiger partial charge in [-0.05, 0) is 49.9 Å². The van der Waals surface area contributed by atoms with Crippen LogP contribution in [-0.4, -0.2) is 52.8 Å². The van der Waals surface area contributed by atoms with Gasteiger partial charge >= 0.3 is 0 Å². The summed E-state index contributed by atoms with van der Waals surface area (Å²) < 4.78 is 0. The van der Waals surface area contributed by atoms with Gasteiger partial charge in [0.15, 0.2) is 5.76 Å². The molecule has 4 rings (SSSR count). The van der Waals surface area contributed by atoms with E-state index in [0.29, 0.717) is 11.4 Å². The number of amides is 1. The molecular formula is C22H24N2O3S. The van der Waals surface area contributed by atoms with Crippen molar-refractivity contribution in [2.45, 2.75) is 25.8 Å². The second-order valence-electron chi connectivity index (χ2n) is 7.43. The number of nitrogens with zero attached hydrogens (tertiary/aromatic N) is 2. The number of benzene rings is 1. The zero-order valence-electron chi connectivity index (χ0n) is 15.9. The van der Waals surface area contributed by atoms with Gasteiger partial charge in [-0.25, -0.2) is 0 Å². The summed E-state index contributed by atoms with van der Waals surface area (Å²) in [5.74, 6) is -1.13. The molecule has 5 nitrogen and oxygen atoms in total. The van der Waals surface area contributed by atoms with Crippen LogP contribution in [0.15, 0.2) is 53.1 Å². The topological polar surface area (TPSA) is 60.9 Å². The lowest BCUT2D eigenvalue weighted by Gasteiger charge is -2.28. The Hall–Kier alpha value is -2.44. The first-order valence-corrected chi connectivity index (χ1v) is 10.6. The molecule has 0 aliphatic carbocycles. The fraction of sp³-hybridized carbons (Fsp3) is 0.364. The van der Waals surface area contributed by atoms with E-state index in [9.17, 15) is 14.7 Å². The van der Waals surface area contributed by atoms with E-state index in [-0.39, 0.29) is 11.4 Å². The van der Waals surface area contributed by atoms with Gasteiger partial charge in [0.05, 0.1) is 16.5 Å². The third kappa shape index (κ3) is 3.50. The molecule has 1 fully saturated rings. The molecule has 6 heteroatoms. The second kappa shape index (κ2) is 7.89. The van der Waals surface area contributed by atoms with Gasteiger partial charge in [0.1, 0.15) is 0 Å². The summed E-state index contributed by atoms with van der Waals surface area (Å²) in [6.45, 7) is 5.32. The monoisotopic (exact) mass is 396 g/mol. The summed E-state index contributed by atoms with van der Waals surface area (Å²) in [4.78, 5) is 30.5. The molecule has 0 bridgehead atoms. The standard InChI is InChI=1S/C22H24N2O3S/c1-15-6-8-16(9-7-15)19-18(20(25)17-5-4-14-28-17)21(26)22(27)24(19)13-12-23-10-2-3-11-23/h4-9,14,19,26H,2-3,10-13H2,1H3. The van der Waals surface area contributed by atoms with Crippen molar-refractivity contribution >= 4 is 23.0 Å². The van der Waals surface area contributed by atoms with E-state index in [1.165, 1.54) is 24.2 Å². The van der Waals surface area contributed by atoms with E-state index in [4.69, 9.17) is 0 Å². The number of likely N-dealkylation sites (tertiary alicyclic amines) is 1. The Morgan fingerprint density at radius 1 is 1.14 bits per heavy atom. The zero-order valence-corrected chi connectivity index (χ0v) is 16.7. The third-order valence-corrected chi connectivity index (χ3v) is 6.41. The first-order chi connectivity index (χ1) is 13.6. The molecule has 1 N–H and O–H groups in total. The molecule has 2 aliphatic heterocycles. The first-order valence-electron chi connectivity index (χ1n) is 9.67. The lowest BCUT2D eigenvalue weighted by molar-refractivity contribution is -0.129. The lowest BCUT2D eigenvalue weighted by Crippen LogP contribution is -2.37. The molecule has 1 saturated heterocycles. The minimum absolute atomic E-state index is 0.192. The van der Waals surface area contributed by atoms with Crippen molar-refractivity contribution < 1.29 is 14.7 Å². The van der Waals surface area contributed by atoms with Crippen LogP contribution in [0.1, 0.15) is 39.7 Å². The van der Waals surface area contributed by atoms with E-state index in [1.807, 2.05) is 36.6 Å². The summed E-state index contributed by atoms with van der Waals surface area (Å²) >= 11 is 1.32. The van der Waals surface area contributed by atoms with E-state index in [2.05, 4.69) is 4.90 Å². The van der Waals surface area contributed by atoms with Crippen LogP contribution in [0.25, 0.3) is 0 Å². The van der Waals surface area contributed by atoms with Crippen molar-refractivity contribution in [2.75, 3.05) is 26.2 Å². The Morgan fingerprint density at radius 2 is 1.86 bits per heavy atom. The van der Waals surface area contributed by atoms with Gasteiger partial charge in [-0.1, -0.05) is 35.9 Å². The average Bonchev–Trinajstić information content (AvgIpc) is 3.44. The van der Waals surface area contributed by atoms with Crippen LogP contribution in [-0.2, 0) is 4.79 Å². The Balaban J connectivity index is 1.68. The van der Waals surface area contributed by atoms with Gasteiger partial charge in [-0.15, -0.1) is 11.3 Å². The lowest BCUT2D eigenvalue weighted by atomic mass is 9.95. The highest BCUT2D eigenvalue weighted by atomic mass is 32.1. The van der Waals surface area contributed by atoms with Crippen molar-refractivity contribution in [2.24, 2.45) is 0 Å². The van der Waals surface area contributed by atoms with Crippen LogP contribution in [0, 0.1) is 6.92 Å². The summed E-state index contributed by atoms with van der Waals surface area (Å²) in [5.41, 5.74) is 2.15. The Bertz CT molecular complexity index is 896. The van der Waals surface area contributed by atoms with E-state index in [1.54, 1.807) is 17.0 Å². The molecular weight excluding hydrogens is 372 g/mol. The second-order valence-corrected chi connectivity index (χ2v) is 8.38. The van der Waals surface area contributed by atoms with Gasteiger partial charge < -0.3 is 14.9 Å².